The van der Waals surface area contributed by atoms with Crippen LogP contribution in [-0.4, -0.2) is 37.6 Å². The molecule has 0 radical (unpaired) electrons. The van der Waals surface area contributed by atoms with Crippen molar-refractivity contribution in [3.8, 4) is 0 Å². The van der Waals surface area contributed by atoms with Crippen molar-refractivity contribution >= 4 is 0 Å². The Balaban J connectivity index is 2.60. The highest BCUT2D eigenvalue weighted by Gasteiger charge is 2.52. The highest BCUT2D eigenvalue weighted by molar-refractivity contribution is 5.34. The molecule has 22 heavy (non-hydrogen) atoms. The summed E-state index contributed by atoms with van der Waals surface area (Å²) in [6, 6.07) is 18.0. The van der Waals surface area contributed by atoms with Gasteiger partial charge in [-0.2, -0.15) is 0 Å². The summed E-state index contributed by atoms with van der Waals surface area (Å²) in [5.41, 5.74) is -2.14. The highest BCUT2D eigenvalue weighted by Crippen LogP contribution is 2.41. The monoisotopic (exact) mass is 302 g/mol. The van der Waals surface area contributed by atoms with Crippen LogP contribution in [0.1, 0.15) is 11.1 Å². The number of benzene rings is 2. The molecule has 0 fully saturated rings. The molecule has 0 aromatic heterocycles. The summed E-state index contributed by atoms with van der Waals surface area (Å²) in [7, 11) is 2.98. The van der Waals surface area contributed by atoms with E-state index in [1.807, 2.05) is 36.4 Å². The predicted molar refractivity (Wildman–Crippen MR) is 84.4 cm³/mol. The van der Waals surface area contributed by atoms with Gasteiger partial charge in [-0.1, -0.05) is 60.7 Å². The van der Waals surface area contributed by atoms with Gasteiger partial charge in [0.05, 0.1) is 13.2 Å². The van der Waals surface area contributed by atoms with Crippen molar-refractivity contribution in [2.24, 2.45) is 0 Å². The van der Waals surface area contributed by atoms with E-state index in [2.05, 4.69) is 0 Å². The number of ether oxygens (including phenoxy) is 2. The first kappa shape index (κ1) is 16.6. The number of aliphatic hydroxyl groups is 2. The van der Waals surface area contributed by atoms with Crippen molar-refractivity contribution in [3.63, 3.8) is 0 Å². The maximum atomic E-state index is 11.3. The first-order chi connectivity index (χ1) is 10.6. The lowest BCUT2D eigenvalue weighted by atomic mass is 9.74. The van der Waals surface area contributed by atoms with Gasteiger partial charge in [0.1, 0.15) is 11.2 Å². The Morgan fingerprint density at radius 1 is 0.682 bits per heavy atom. The van der Waals surface area contributed by atoms with Crippen LogP contribution in [0, 0.1) is 0 Å². The summed E-state index contributed by atoms with van der Waals surface area (Å²) < 4.78 is 10.4. The second kappa shape index (κ2) is 7.03. The van der Waals surface area contributed by atoms with Gasteiger partial charge in [0.25, 0.3) is 0 Å². The molecule has 2 unspecified atom stereocenters. The van der Waals surface area contributed by atoms with Crippen molar-refractivity contribution < 1.29 is 19.7 Å². The number of rotatable bonds is 7. The second-order valence-corrected chi connectivity index (χ2v) is 5.32. The standard InChI is InChI=1S/C18H22O4/c1-21-13-17(19,15-9-5-3-6-10-15)18(20,14-22-2)16-11-7-4-8-12-16/h3-12,19-20H,13-14H2,1-2H3. The Kier molecular flexibility index (Phi) is 5.32. The van der Waals surface area contributed by atoms with Gasteiger partial charge in [0, 0.05) is 14.2 Å². The predicted octanol–water partition coefficient (Wildman–Crippen LogP) is 2.05. The Hall–Kier alpha value is -1.72. The van der Waals surface area contributed by atoms with Gasteiger partial charge >= 0.3 is 0 Å². The van der Waals surface area contributed by atoms with E-state index in [0.29, 0.717) is 11.1 Å². The van der Waals surface area contributed by atoms with Crippen molar-refractivity contribution in [3.05, 3.63) is 71.8 Å². The van der Waals surface area contributed by atoms with Crippen LogP contribution in [-0.2, 0) is 20.7 Å². The first-order valence-corrected chi connectivity index (χ1v) is 7.12. The molecule has 2 atom stereocenters. The molecule has 0 spiro atoms. The summed E-state index contributed by atoms with van der Waals surface area (Å²) >= 11 is 0. The van der Waals surface area contributed by atoms with Crippen molar-refractivity contribution in [1.29, 1.82) is 0 Å². The zero-order chi connectivity index (χ0) is 16.1. The van der Waals surface area contributed by atoms with Gasteiger partial charge in [-0.05, 0) is 11.1 Å². The van der Waals surface area contributed by atoms with Crippen LogP contribution in [0.5, 0.6) is 0 Å². The van der Waals surface area contributed by atoms with E-state index >= 15 is 0 Å². The highest BCUT2D eigenvalue weighted by atomic mass is 16.5. The van der Waals surface area contributed by atoms with Crippen molar-refractivity contribution in [2.75, 3.05) is 27.4 Å². The molecule has 0 bridgehead atoms. The largest absolute Gasteiger partial charge is 0.381 e. The van der Waals surface area contributed by atoms with Gasteiger partial charge in [0.2, 0.25) is 0 Å². The third-order valence-corrected chi connectivity index (χ3v) is 3.89. The fraction of sp³-hybridized carbons (Fsp3) is 0.333. The molecule has 2 N–H and O–H groups in total. The maximum absolute atomic E-state index is 11.3. The maximum Gasteiger partial charge on any atom is 0.148 e. The second-order valence-electron chi connectivity index (χ2n) is 5.32. The van der Waals surface area contributed by atoms with E-state index in [9.17, 15) is 10.2 Å². The summed E-state index contributed by atoms with van der Waals surface area (Å²) in [5, 5.41) is 22.7. The fourth-order valence-corrected chi connectivity index (χ4v) is 2.73. The summed E-state index contributed by atoms with van der Waals surface area (Å²) in [4.78, 5) is 0. The molecule has 2 aromatic rings. The van der Waals surface area contributed by atoms with E-state index in [4.69, 9.17) is 9.47 Å². The molecule has 0 amide bonds. The average Bonchev–Trinajstić information content (AvgIpc) is 2.56. The van der Waals surface area contributed by atoms with Crippen LogP contribution in [0.4, 0.5) is 0 Å². The molecular weight excluding hydrogens is 280 g/mol. The lowest BCUT2D eigenvalue weighted by Crippen LogP contribution is -2.55. The minimum Gasteiger partial charge on any atom is -0.381 e. The summed E-state index contributed by atoms with van der Waals surface area (Å²) in [6.07, 6.45) is 0. The van der Waals surface area contributed by atoms with Gasteiger partial charge in [-0.15, -0.1) is 0 Å². The van der Waals surface area contributed by atoms with Gasteiger partial charge in [0.15, 0.2) is 0 Å². The van der Waals surface area contributed by atoms with Gasteiger partial charge in [-0.3, -0.25) is 0 Å². The molecule has 0 aliphatic carbocycles. The molecule has 0 heterocycles. The summed E-state index contributed by atoms with van der Waals surface area (Å²) in [5.74, 6) is 0. The molecular formula is C18H22O4. The Labute approximate surface area is 130 Å². The van der Waals surface area contributed by atoms with Gasteiger partial charge < -0.3 is 19.7 Å². The Morgan fingerprint density at radius 2 is 1.00 bits per heavy atom. The lowest BCUT2D eigenvalue weighted by Gasteiger charge is -2.43. The van der Waals surface area contributed by atoms with Crippen LogP contribution in [0.3, 0.4) is 0 Å². The Bertz CT molecular complexity index is 519. The van der Waals surface area contributed by atoms with E-state index < -0.39 is 11.2 Å². The van der Waals surface area contributed by atoms with E-state index in [-0.39, 0.29) is 13.2 Å². The van der Waals surface area contributed by atoms with Crippen LogP contribution < -0.4 is 0 Å². The minimum atomic E-state index is -1.64. The molecule has 0 saturated heterocycles. The third kappa shape index (κ3) is 2.91. The summed E-state index contributed by atoms with van der Waals surface area (Å²) in [6.45, 7) is -0.127. The molecule has 0 saturated carbocycles. The van der Waals surface area contributed by atoms with Crippen molar-refractivity contribution in [1.82, 2.24) is 0 Å². The van der Waals surface area contributed by atoms with Gasteiger partial charge in [-0.25, -0.2) is 0 Å². The first-order valence-electron chi connectivity index (χ1n) is 7.12. The number of hydrogen-bond acceptors (Lipinski definition) is 4. The van der Waals surface area contributed by atoms with Crippen molar-refractivity contribution in [2.45, 2.75) is 11.2 Å². The molecule has 0 aliphatic rings. The van der Waals surface area contributed by atoms with E-state index in [0.717, 1.165) is 0 Å². The molecule has 4 heteroatoms. The van der Waals surface area contributed by atoms with E-state index in [1.165, 1.54) is 14.2 Å². The van der Waals surface area contributed by atoms with Crippen LogP contribution in [0.25, 0.3) is 0 Å². The SMILES string of the molecule is COCC(O)(c1ccccc1)C(O)(COC)c1ccccc1. The topological polar surface area (TPSA) is 58.9 Å². The van der Waals surface area contributed by atoms with Crippen LogP contribution in [0.2, 0.25) is 0 Å². The molecule has 2 rings (SSSR count). The fourth-order valence-electron chi connectivity index (χ4n) is 2.73. The smallest absolute Gasteiger partial charge is 0.148 e. The molecule has 118 valence electrons. The van der Waals surface area contributed by atoms with Crippen LogP contribution in [0.15, 0.2) is 60.7 Å². The number of methoxy groups -OCH3 is 2. The normalized spacial score (nSPS) is 16.7. The minimum absolute atomic E-state index is 0.0637. The van der Waals surface area contributed by atoms with Crippen LogP contribution >= 0.6 is 0 Å². The molecule has 2 aromatic carbocycles. The third-order valence-electron chi connectivity index (χ3n) is 3.89. The van der Waals surface area contributed by atoms with E-state index in [1.54, 1.807) is 24.3 Å². The average molecular weight is 302 g/mol. The Morgan fingerprint density at radius 3 is 1.27 bits per heavy atom. The zero-order valence-electron chi connectivity index (χ0n) is 12.9. The molecule has 0 aliphatic heterocycles. The zero-order valence-corrected chi connectivity index (χ0v) is 12.9. The lowest BCUT2D eigenvalue weighted by molar-refractivity contribution is -0.210. The number of hydrogen-bond donors (Lipinski definition) is 2. The molecule has 4 nitrogen and oxygen atoms in total. The quantitative estimate of drug-likeness (QED) is 0.822.